The Morgan fingerprint density at radius 2 is 1.43 bits per heavy atom. The highest BCUT2D eigenvalue weighted by molar-refractivity contribution is 5.94. The molecule has 8 nitrogen and oxygen atoms in total. The quantitative estimate of drug-likeness (QED) is 0.282. The number of carbonyl (C=O) groups excluding carboxylic acids is 3. The Kier molecular flexibility index (Phi) is 7.36. The van der Waals surface area contributed by atoms with Crippen LogP contribution >= 0.6 is 0 Å². The first-order valence-electron chi connectivity index (χ1n) is 15.9. The largest absolute Gasteiger partial charge is 0.481 e. The third-order valence-electron chi connectivity index (χ3n) is 13.8. The molecule has 0 radical (unpaired) electrons. The molecule has 2 N–H and O–H groups in total. The molecule has 5 aliphatic rings. The molecular weight excluding hydrogens is 536 g/mol. The third kappa shape index (κ3) is 3.95. The number of rotatable bonds is 8. The van der Waals surface area contributed by atoms with Gasteiger partial charge in [-0.1, -0.05) is 27.4 Å². The van der Waals surface area contributed by atoms with E-state index in [4.69, 9.17) is 9.47 Å². The minimum Gasteiger partial charge on any atom is -0.481 e. The highest BCUT2D eigenvalue weighted by Crippen LogP contribution is 2.89. The molecule has 12 atom stereocenters. The van der Waals surface area contributed by atoms with Crippen LogP contribution in [0.3, 0.4) is 0 Å². The van der Waals surface area contributed by atoms with Gasteiger partial charge in [-0.25, -0.2) is 0 Å². The molecular formula is C34H50O8. The van der Waals surface area contributed by atoms with E-state index in [1.54, 1.807) is 13.8 Å². The number of ketones is 1. The van der Waals surface area contributed by atoms with Crippen LogP contribution in [-0.4, -0.2) is 52.2 Å². The Bertz CT molecular complexity index is 1210. The Hall–Kier alpha value is -2.22. The molecule has 5 fully saturated rings. The first-order valence-corrected chi connectivity index (χ1v) is 15.9. The smallest absolute Gasteiger partial charge is 0.312 e. The lowest BCUT2D eigenvalue weighted by Gasteiger charge is -2.65. The van der Waals surface area contributed by atoms with Gasteiger partial charge in [0, 0.05) is 32.1 Å². The number of Topliss-reactive ketones (excluding diaryl/α,β-unsaturated/α-hetero) is 1. The lowest BCUT2D eigenvalue weighted by molar-refractivity contribution is -0.259. The Morgan fingerprint density at radius 3 is 1.98 bits per heavy atom. The van der Waals surface area contributed by atoms with Crippen LogP contribution in [0.1, 0.15) is 106 Å². The topological polar surface area (TPSA) is 127 Å². The monoisotopic (exact) mass is 586 g/mol. The normalized spacial score (nSPS) is 47.5. The van der Waals surface area contributed by atoms with E-state index >= 15 is 0 Å². The van der Waals surface area contributed by atoms with Crippen LogP contribution in [0.4, 0.5) is 0 Å². The number of carboxylic acid groups (broad SMARTS) is 1. The SMILES string of the molecule is C=C(C)C(=O)CC[C@H](C)[C@H]1CC[C@@]2(C)[C@H]3[C@H](OC(C)=O)[C@H](OC(C)=O)[C@H]4[C@](C)(C(=O)O)[C@@H](O)CC[C@]45C[C@]35CC[C@]12C. The molecule has 2 spiro atoms. The molecule has 0 aromatic carbocycles. The molecule has 0 unspecified atom stereocenters. The minimum absolute atomic E-state index is 0.103. The van der Waals surface area contributed by atoms with Crippen molar-refractivity contribution in [2.24, 2.45) is 50.7 Å². The zero-order valence-corrected chi connectivity index (χ0v) is 26.5. The van der Waals surface area contributed by atoms with Gasteiger partial charge in [-0.2, -0.15) is 0 Å². The molecule has 0 bridgehead atoms. The Labute approximate surface area is 250 Å². The van der Waals surface area contributed by atoms with E-state index in [-0.39, 0.29) is 27.9 Å². The van der Waals surface area contributed by atoms with Crippen molar-refractivity contribution in [1.29, 1.82) is 0 Å². The van der Waals surface area contributed by atoms with Crippen molar-refractivity contribution < 1.29 is 38.9 Å². The summed E-state index contributed by atoms with van der Waals surface area (Å²) < 4.78 is 12.3. The number of esters is 2. The van der Waals surface area contributed by atoms with Gasteiger partial charge in [0.1, 0.15) is 12.2 Å². The van der Waals surface area contributed by atoms with E-state index in [0.717, 1.165) is 38.5 Å². The fourth-order valence-corrected chi connectivity index (χ4v) is 11.7. The molecule has 0 heterocycles. The summed E-state index contributed by atoms with van der Waals surface area (Å²) in [6, 6.07) is 0. The molecule has 42 heavy (non-hydrogen) atoms. The predicted octanol–water partition coefficient (Wildman–Crippen LogP) is 5.50. The fourth-order valence-electron chi connectivity index (χ4n) is 11.7. The van der Waals surface area contributed by atoms with E-state index in [0.29, 0.717) is 36.7 Å². The summed E-state index contributed by atoms with van der Waals surface area (Å²) in [6.07, 6.45) is 4.01. The molecule has 8 heteroatoms. The standard InChI is InChI=1S/C34H50O8/c1-18(2)23(37)10-9-19(3)22-11-13-31(7)27-25(41-20(4)35)26(42-21(5)36)28-32(8,29(39)40)24(38)12-14-33(28)17-34(27,33)16-15-30(22,31)6/h19,22,24-28,38H,1,9-17H2,2-8H3,(H,39,40)/t19-,22+,24-,25+,26-,27+,28-,30+,31-,32+,33-,34+/m0/s1. The molecule has 0 aliphatic heterocycles. The summed E-state index contributed by atoms with van der Waals surface area (Å²) in [6.45, 7) is 16.8. The number of ether oxygens (including phenoxy) is 2. The number of aliphatic carboxylic acids is 1. The summed E-state index contributed by atoms with van der Waals surface area (Å²) >= 11 is 0. The third-order valence-corrected chi connectivity index (χ3v) is 13.8. The second-order valence-electron chi connectivity index (χ2n) is 15.4. The summed E-state index contributed by atoms with van der Waals surface area (Å²) in [5, 5.41) is 21.8. The molecule has 234 valence electrons. The lowest BCUT2D eigenvalue weighted by Crippen LogP contribution is -2.69. The van der Waals surface area contributed by atoms with Gasteiger partial charge in [0.25, 0.3) is 0 Å². The van der Waals surface area contributed by atoms with E-state index in [2.05, 4.69) is 27.4 Å². The maximum atomic E-state index is 12.9. The molecule has 5 saturated carbocycles. The van der Waals surface area contributed by atoms with Crippen LogP contribution in [0, 0.1) is 50.7 Å². The van der Waals surface area contributed by atoms with Crippen molar-refractivity contribution in [3.8, 4) is 0 Å². The summed E-state index contributed by atoms with van der Waals surface area (Å²) in [4.78, 5) is 50.7. The van der Waals surface area contributed by atoms with Crippen LogP contribution in [0.15, 0.2) is 12.2 Å². The number of hydrogen-bond donors (Lipinski definition) is 2. The zero-order chi connectivity index (χ0) is 31.2. The number of fused-ring (bicyclic) bond motifs is 2. The first kappa shape index (κ1) is 31.2. The fraction of sp³-hybridized carbons (Fsp3) is 0.824. The van der Waals surface area contributed by atoms with E-state index in [1.165, 1.54) is 13.8 Å². The number of allylic oxidation sites excluding steroid dienone is 1. The van der Waals surface area contributed by atoms with Gasteiger partial charge < -0.3 is 19.7 Å². The van der Waals surface area contributed by atoms with Crippen LogP contribution in [0.5, 0.6) is 0 Å². The molecule has 0 saturated heterocycles. The molecule has 0 aromatic rings. The summed E-state index contributed by atoms with van der Waals surface area (Å²) in [7, 11) is 0. The zero-order valence-electron chi connectivity index (χ0n) is 26.5. The second kappa shape index (κ2) is 9.90. The van der Waals surface area contributed by atoms with E-state index < -0.39 is 53.0 Å². The number of hydrogen-bond acceptors (Lipinski definition) is 7. The minimum atomic E-state index is -1.55. The van der Waals surface area contributed by atoms with Gasteiger partial charge in [-0.3, -0.25) is 19.2 Å². The van der Waals surface area contributed by atoms with Crippen LogP contribution in [0.25, 0.3) is 0 Å². The van der Waals surface area contributed by atoms with E-state index in [9.17, 15) is 29.4 Å². The summed E-state index contributed by atoms with van der Waals surface area (Å²) in [5.41, 5.74) is -1.99. The van der Waals surface area contributed by atoms with Gasteiger partial charge >= 0.3 is 17.9 Å². The summed E-state index contributed by atoms with van der Waals surface area (Å²) in [5.74, 6) is -2.13. The van der Waals surface area contributed by atoms with Crippen molar-refractivity contribution in [3.63, 3.8) is 0 Å². The van der Waals surface area contributed by atoms with Crippen molar-refractivity contribution in [1.82, 2.24) is 0 Å². The number of carboxylic acids is 1. The number of aliphatic hydroxyl groups excluding tert-OH is 1. The Morgan fingerprint density at radius 1 is 0.857 bits per heavy atom. The highest BCUT2D eigenvalue weighted by atomic mass is 16.6. The van der Waals surface area contributed by atoms with Crippen molar-refractivity contribution in [3.05, 3.63) is 12.2 Å². The van der Waals surface area contributed by atoms with Gasteiger partial charge in [-0.15, -0.1) is 0 Å². The maximum Gasteiger partial charge on any atom is 0.312 e. The average Bonchev–Trinajstić information content (AvgIpc) is 3.44. The molecule has 5 rings (SSSR count). The Balaban J connectivity index is 1.61. The first-order chi connectivity index (χ1) is 19.4. The van der Waals surface area contributed by atoms with Crippen LogP contribution in [0.2, 0.25) is 0 Å². The maximum absolute atomic E-state index is 12.9. The van der Waals surface area contributed by atoms with Gasteiger partial charge in [0.05, 0.1) is 11.5 Å². The van der Waals surface area contributed by atoms with Crippen LogP contribution < -0.4 is 0 Å². The van der Waals surface area contributed by atoms with Gasteiger partial charge in [-0.05, 0) is 104 Å². The highest BCUT2D eigenvalue weighted by Gasteiger charge is 2.88. The van der Waals surface area contributed by atoms with Gasteiger partial charge in [0.2, 0.25) is 0 Å². The number of carbonyl (C=O) groups is 4. The lowest BCUT2D eigenvalue weighted by atomic mass is 9.40. The average molecular weight is 587 g/mol. The molecule has 5 aliphatic carbocycles. The molecule has 0 amide bonds. The van der Waals surface area contributed by atoms with Crippen molar-refractivity contribution in [2.75, 3.05) is 0 Å². The second-order valence-corrected chi connectivity index (χ2v) is 15.4. The molecule has 0 aromatic heterocycles. The van der Waals surface area contributed by atoms with Crippen LogP contribution in [-0.2, 0) is 28.7 Å². The van der Waals surface area contributed by atoms with Crippen molar-refractivity contribution in [2.45, 2.75) is 125 Å². The van der Waals surface area contributed by atoms with Gasteiger partial charge in [0.15, 0.2) is 5.78 Å². The number of aliphatic hydroxyl groups is 1. The van der Waals surface area contributed by atoms with E-state index in [1.807, 2.05) is 0 Å². The predicted molar refractivity (Wildman–Crippen MR) is 155 cm³/mol. The van der Waals surface area contributed by atoms with Crippen molar-refractivity contribution >= 4 is 23.7 Å².